The van der Waals surface area contributed by atoms with Crippen molar-refractivity contribution in [2.24, 2.45) is 5.92 Å². The summed E-state index contributed by atoms with van der Waals surface area (Å²) in [5, 5.41) is 6.75. The van der Waals surface area contributed by atoms with E-state index in [4.69, 9.17) is 4.52 Å². The first kappa shape index (κ1) is 16.1. The van der Waals surface area contributed by atoms with Crippen LogP contribution in [0.5, 0.6) is 0 Å². The predicted octanol–water partition coefficient (Wildman–Crippen LogP) is 3.49. The largest absolute Gasteiger partial charge is 0.344 e. The van der Waals surface area contributed by atoms with Gasteiger partial charge in [0.1, 0.15) is 11.9 Å². The molecule has 2 aromatic rings. The molecule has 1 heterocycles. The molecule has 22 heavy (non-hydrogen) atoms. The number of halogens is 1. The monoisotopic (exact) mass is 305 g/mol. The quantitative estimate of drug-likeness (QED) is 0.887. The highest BCUT2D eigenvalue weighted by atomic mass is 19.1. The third kappa shape index (κ3) is 3.69. The van der Waals surface area contributed by atoms with Gasteiger partial charge in [0.2, 0.25) is 17.6 Å². The van der Waals surface area contributed by atoms with E-state index >= 15 is 0 Å². The molecular weight excluding hydrogens is 285 g/mol. The highest BCUT2D eigenvalue weighted by Gasteiger charge is 2.21. The average Bonchev–Trinajstić information content (AvgIpc) is 2.99. The van der Waals surface area contributed by atoms with Crippen molar-refractivity contribution in [3.63, 3.8) is 0 Å². The van der Waals surface area contributed by atoms with Crippen LogP contribution < -0.4 is 5.32 Å². The molecule has 118 valence electrons. The van der Waals surface area contributed by atoms with Crippen LogP contribution in [-0.4, -0.2) is 16.0 Å². The fraction of sp³-hybridized carbons (Fsp3) is 0.438. The maximum absolute atomic E-state index is 12.9. The van der Waals surface area contributed by atoms with E-state index in [0.717, 1.165) is 12.8 Å². The van der Waals surface area contributed by atoms with Crippen molar-refractivity contribution in [2.75, 3.05) is 0 Å². The number of nitrogens with one attached hydrogen (secondary N) is 1. The third-order valence-electron chi connectivity index (χ3n) is 3.63. The number of rotatable bonds is 6. The summed E-state index contributed by atoms with van der Waals surface area (Å²) in [4.78, 5) is 16.3. The van der Waals surface area contributed by atoms with E-state index in [2.05, 4.69) is 15.5 Å². The van der Waals surface area contributed by atoms with Crippen LogP contribution in [0.2, 0.25) is 0 Å². The Bertz CT molecular complexity index is 621. The Morgan fingerprint density at radius 1 is 1.27 bits per heavy atom. The Morgan fingerprint density at radius 2 is 1.91 bits per heavy atom. The number of aromatic nitrogens is 2. The third-order valence-corrected chi connectivity index (χ3v) is 3.63. The van der Waals surface area contributed by atoms with Crippen molar-refractivity contribution < 1.29 is 13.7 Å². The number of hydrogen-bond donors (Lipinski definition) is 1. The van der Waals surface area contributed by atoms with Crippen LogP contribution in [0.3, 0.4) is 0 Å². The molecule has 0 unspecified atom stereocenters. The Kier molecular flexibility index (Phi) is 5.25. The number of carbonyl (C=O) groups is 1. The normalized spacial score (nSPS) is 12.4. The molecule has 1 aromatic carbocycles. The number of amides is 1. The first-order valence-electron chi connectivity index (χ1n) is 7.45. The summed E-state index contributed by atoms with van der Waals surface area (Å²) in [6.07, 6.45) is 1.58. The molecule has 6 heteroatoms. The predicted molar refractivity (Wildman–Crippen MR) is 80.3 cm³/mol. The van der Waals surface area contributed by atoms with Crippen LogP contribution in [0.25, 0.3) is 11.4 Å². The zero-order valence-corrected chi connectivity index (χ0v) is 13.0. The average molecular weight is 305 g/mol. The second-order valence-corrected chi connectivity index (χ2v) is 5.21. The lowest BCUT2D eigenvalue weighted by Crippen LogP contribution is -2.32. The molecule has 1 atom stereocenters. The van der Waals surface area contributed by atoms with Gasteiger partial charge in [-0.2, -0.15) is 4.98 Å². The molecule has 2 rings (SSSR count). The van der Waals surface area contributed by atoms with Gasteiger partial charge in [-0.25, -0.2) is 4.39 Å². The van der Waals surface area contributed by atoms with Gasteiger partial charge in [0.05, 0.1) is 0 Å². The molecule has 0 radical (unpaired) electrons. The van der Waals surface area contributed by atoms with Crippen LogP contribution >= 0.6 is 0 Å². The number of nitrogens with zero attached hydrogens (tertiary/aromatic N) is 2. The SMILES string of the molecule is CCC(CC)C(=O)N[C@@H](C)c1nc(-c2ccc(F)cc2)no1. The lowest BCUT2D eigenvalue weighted by molar-refractivity contribution is -0.126. The van der Waals surface area contributed by atoms with Gasteiger partial charge in [0.25, 0.3) is 0 Å². The van der Waals surface area contributed by atoms with E-state index in [1.54, 1.807) is 19.1 Å². The van der Waals surface area contributed by atoms with E-state index in [1.165, 1.54) is 12.1 Å². The highest BCUT2D eigenvalue weighted by Crippen LogP contribution is 2.19. The summed E-state index contributed by atoms with van der Waals surface area (Å²) in [7, 11) is 0. The van der Waals surface area contributed by atoms with Gasteiger partial charge in [-0.1, -0.05) is 19.0 Å². The molecule has 0 spiro atoms. The standard InChI is InChI=1S/C16H20FN3O2/c1-4-11(5-2)15(21)18-10(3)16-19-14(20-22-16)12-6-8-13(17)9-7-12/h6-11H,4-5H2,1-3H3,(H,18,21)/t10-/m0/s1. The van der Waals surface area contributed by atoms with Crippen molar-refractivity contribution in [2.45, 2.75) is 39.7 Å². The number of hydrogen-bond acceptors (Lipinski definition) is 4. The van der Waals surface area contributed by atoms with E-state index < -0.39 is 0 Å². The second-order valence-electron chi connectivity index (χ2n) is 5.21. The summed E-state index contributed by atoms with van der Waals surface area (Å²) in [6.45, 7) is 5.76. The van der Waals surface area contributed by atoms with E-state index in [1.807, 2.05) is 13.8 Å². The van der Waals surface area contributed by atoms with Gasteiger partial charge in [0.15, 0.2) is 0 Å². The first-order valence-corrected chi connectivity index (χ1v) is 7.45. The minimum absolute atomic E-state index is 0.0121. The van der Waals surface area contributed by atoms with E-state index in [0.29, 0.717) is 17.3 Å². The number of benzene rings is 1. The highest BCUT2D eigenvalue weighted by molar-refractivity contribution is 5.78. The molecule has 0 fully saturated rings. The maximum Gasteiger partial charge on any atom is 0.249 e. The van der Waals surface area contributed by atoms with Crippen LogP contribution in [0.1, 0.15) is 45.5 Å². The molecule has 0 aliphatic rings. The molecular formula is C16H20FN3O2. The minimum Gasteiger partial charge on any atom is -0.344 e. The molecule has 0 saturated heterocycles. The van der Waals surface area contributed by atoms with Crippen molar-refractivity contribution in [1.82, 2.24) is 15.5 Å². The Morgan fingerprint density at radius 3 is 2.50 bits per heavy atom. The van der Waals surface area contributed by atoms with Gasteiger partial charge in [0, 0.05) is 11.5 Å². The smallest absolute Gasteiger partial charge is 0.249 e. The number of carbonyl (C=O) groups excluding carboxylic acids is 1. The van der Waals surface area contributed by atoms with Gasteiger partial charge in [-0.05, 0) is 44.0 Å². The van der Waals surface area contributed by atoms with Crippen molar-refractivity contribution >= 4 is 5.91 Å². The Labute approximate surface area is 128 Å². The molecule has 5 nitrogen and oxygen atoms in total. The molecule has 0 saturated carbocycles. The summed E-state index contributed by atoms with van der Waals surface area (Å²) >= 11 is 0. The fourth-order valence-corrected chi connectivity index (χ4v) is 2.18. The summed E-state index contributed by atoms with van der Waals surface area (Å²) in [5.41, 5.74) is 0.662. The zero-order chi connectivity index (χ0) is 16.1. The summed E-state index contributed by atoms with van der Waals surface area (Å²) < 4.78 is 18.1. The summed E-state index contributed by atoms with van der Waals surface area (Å²) in [5.74, 6) is 0.358. The molecule has 1 amide bonds. The van der Waals surface area contributed by atoms with E-state index in [9.17, 15) is 9.18 Å². The maximum atomic E-state index is 12.9. The topological polar surface area (TPSA) is 68.0 Å². The molecule has 1 aromatic heterocycles. The van der Waals surface area contributed by atoms with Gasteiger partial charge in [-0.3, -0.25) is 4.79 Å². The lowest BCUT2D eigenvalue weighted by atomic mass is 10.0. The van der Waals surface area contributed by atoms with Gasteiger partial charge >= 0.3 is 0 Å². The van der Waals surface area contributed by atoms with Crippen molar-refractivity contribution in [1.29, 1.82) is 0 Å². The molecule has 0 bridgehead atoms. The molecule has 0 aliphatic heterocycles. The second kappa shape index (κ2) is 7.15. The molecule has 0 aliphatic carbocycles. The Balaban J connectivity index is 2.07. The van der Waals surface area contributed by atoms with Gasteiger partial charge in [-0.15, -0.1) is 0 Å². The zero-order valence-electron chi connectivity index (χ0n) is 13.0. The van der Waals surface area contributed by atoms with Crippen LogP contribution in [0.4, 0.5) is 4.39 Å². The van der Waals surface area contributed by atoms with E-state index in [-0.39, 0.29) is 23.7 Å². The van der Waals surface area contributed by atoms with Crippen molar-refractivity contribution in [3.05, 3.63) is 36.0 Å². The van der Waals surface area contributed by atoms with Crippen LogP contribution in [-0.2, 0) is 4.79 Å². The lowest BCUT2D eigenvalue weighted by Gasteiger charge is -2.15. The Hall–Kier alpha value is -2.24. The fourth-order valence-electron chi connectivity index (χ4n) is 2.18. The van der Waals surface area contributed by atoms with Crippen LogP contribution in [0, 0.1) is 11.7 Å². The van der Waals surface area contributed by atoms with Crippen molar-refractivity contribution in [3.8, 4) is 11.4 Å². The molecule has 1 N–H and O–H groups in total. The first-order chi connectivity index (χ1) is 10.5. The van der Waals surface area contributed by atoms with Gasteiger partial charge < -0.3 is 9.84 Å². The van der Waals surface area contributed by atoms with Crippen LogP contribution in [0.15, 0.2) is 28.8 Å². The minimum atomic E-state index is -0.366. The summed E-state index contributed by atoms with van der Waals surface area (Å²) in [6, 6.07) is 5.47.